The van der Waals surface area contributed by atoms with E-state index in [4.69, 9.17) is 0 Å². The maximum absolute atomic E-state index is 13.4. The van der Waals surface area contributed by atoms with Crippen LogP contribution in [0.4, 0.5) is 22.0 Å². The molecule has 0 aliphatic heterocycles. The van der Waals surface area contributed by atoms with Crippen molar-refractivity contribution in [1.29, 1.82) is 0 Å². The van der Waals surface area contributed by atoms with E-state index >= 15 is 0 Å². The molecule has 0 saturated heterocycles. The second-order valence-electron chi connectivity index (χ2n) is 5.40. The zero-order valence-electron chi connectivity index (χ0n) is 12.3. The summed E-state index contributed by atoms with van der Waals surface area (Å²) in [6.45, 7) is 2.06. The molecule has 0 unspecified atom stereocenters. The van der Waals surface area contributed by atoms with Crippen LogP contribution in [0.15, 0.2) is 5.16 Å². The Hall–Kier alpha value is -1.99. The molecular weight excluding hydrogens is 321 g/mol. The van der Waals surface area contributed by atoms with Crippen molar-refractivity contribution in [1.82, 2.24) is 0 Å². The average Bonchev–Trinajstić information content (AvgIpc) is 2.49. The van der Waals surface area contributed by atoms with Crippen molar-refractivity contribution in [2.24, 2.45) is 11.1 Å². The minimum Gasteiger partial charge on any atom is -0.313 e. The van der Waals surface area contributed by atoms with Gasteiger partial charge in [-0.3, -0.25) is 0 Å². The Bertz CT molecular complexity index is 623. The molecule has 1 aromatic rings. The summed E-state index contributed by atoms with van der Waals surface area (Å²) >= 11 is 0. The summed E-state index contributed by atoms with van der Waals surface area (Å²) in [5.74, 6) is -12.5. The van der Waals surface area contributed by atoms with Crippen molar-refractivity contribution < 1.29 is 31.6 Å². The van der Waals surface area contributed by atoms with Gasteiger partial charge in [0, 0.05) is 0 Å². The minimum absolute atomic E-state index is 0.418. The van der Waals surface area contributed by atoms with Gasteiger partial charge in [0.05, 0.1) is 5.71 Å². The fraction of sp³-hybridized carbons (Fsp3) is 0.467. The van der Waals surface area contributed by atoms with E-state index in [-0.39, 0.29) is 0 Å². The van der Waals surface area contributed by atoms with Gasteiger partial charge < -0.3 is 4.84 Å². The number of carbonyl (C=O) groups is 1. The first kappa shape index (κ1) is 17.4. The van der Waals surface area contributed by atoms with Gasteiger partial charge in [-0.2, -0.15) is 0 Å². The molecule has 0 atom stereocenters. The molecule has 1 aliphatic rings. The molecule has 23 heavy (non-hydrogen) atoms. The molecule has 0 amide bonds. The third-order valence-corrected chi connectivity index (χ3v) is 3.69. The lowest BCUT2D eigenvalue weighted by molar-refractivity contribution is 0.0495. The van der Waals surface area contributed by atoms with Gasteiger partial charge in [-0.05, 0) is 25.2 Å². The predicted octanol–water partition coefficient (Wildman–Crippen LogP) is 4.50. The molecule has 0 bridgehead atoms. The van der Waals surface area contributed by atoms with Gasteiger partial charge in [0.25, 0.3) is 0 Å². The number of rotatable bonds is 5. The van der Waals surface area contributed by atoms with Crippen molar-refractivity contribution >= 4 is 11.7 Å². The lowest BCUT2D eigenvalue weighted by atomic mass is 9.80. The molecular formula is C15H14F5NO2. The van der Waals surface area contributed by atoms with Crippen LogP contribution in [0.25, 0.3) is 0 Å². The van der Waals surface area contributed by atoms with Crippen LogP contribution in [-0.2, 0) is 4.84 Å². The van der Waals surface area contributed by atoms with Crippen LogP contribution >= 0.6 is 0 Å². The Morgan fingerprint density at radius 3 is 2.09 bits per heavy atom. The lowest BCUT2D eigenvalue weighted by Crippen LogP contribution is -2.24. The molecule has 1 fully saturated rings. The van der Waals surface area contributed by atoms with Crippen molar-refractivity contribution in [3.8, 4) is 0 Å². The van der Waals surface area contributed by atoms with Gasteiger partial charge in [0.1, 0.15) is 5.56 Å². The van der Waals surface area contributed by atoms with Crippen LogP contribution in [0.5, 0.6) is 0 Å². The summed E-state index contributed by atoms with van der Waals surface area (Å²) in [4.78, 5) is 15.8. The molecule has 1 saturated carbocycles. The summed E-state index contributed by atoms with van der Waals surface area (Å²) < 4.78 is 65.7. The van der Waals surface area contributed by atoms with Gasteiger partial charge in [0.2, 0.25) is 5.82 Å². The Labute approximate surface area is 129 Å². The fourth-order valence-electron chi connectivity index (χ4n) is 2.31. The van der Waals surface area contributed by atoms with Crippen molar-refractivity contribution in [3.05, 3.63) is 34.6 Å². The largest absolute Gasteiger partial charge is 0.371 e. The van der Waals surface area contributed by atoms with Crippen LogP contribution < -0.4 is 0 Å². The summed E-state index contributed by atoms with van der Waals surface area (Å²) in [7, 11) is 0. The van der Waals surface area contributed by atoms with Crippen LogP contribution in [0.3, 0.4) is 0 Å². The zero-order valence-corrected chi connectivity index (χ0v) is 12.3. The quantitative estimate of drug-likeness (QED) is 0.261. The third kappa shape index (κ3) is 3.51. The van der Waals surface area contributed by atoms with Crippen LogP contribution in [-0.4, -0.2) is 11.7 Å². The van der Waals surface area contributed by atoms with E-state index in [1.807, 2.05) is 0 Å². The number of hydrogen-bond acceptors (Lipinski definition) is 3. The van der Waals surface area contributed by atoms with E-state index in [1.165, 1.54) is 0 Å². The number of halogens is 5. The number of hydrogen-bond donors (Lipinski definition) is 0. The standard InChI is InChI=1S/C15H14F5NO2/c1-2-3-4-7-5-8(6-7)21-23-15(22)9-10(16)12(18)14(20)13(19)11(9)17/h7H,2-6H2,1H3. The monoisotopic (exact) mass is 335 g/mol. The van der Waals surface area contributed by atoms with Gasteiger partial charge in [-0.25, -0.2) is 26.7 Å². The first-order valence-corrected chi connectivity index (χ1v) is 7.15. The molecule has 2 rings (SSSR count). The van der Waals surface area contributed by atoms with Crippen molar-refractivity contribution in [2.75, 3.05) is 0 Å². The molecule has 0 aromatic heterocycles. The third-order valence-electron chi connectivity index (χ3n) is 3.69. The van der Waals surface area contributed by atoms with E-state index in [0.717, 1.165) is 19.3 Å². The SMILES string of the molecule is CCCCC1CC(=NOC(=O)c2c(F)c(F)c(F)c(F)c2F)C1. The number of nitrogens with zero attached hydrogens (tertiary/aromatic N) is 1. The second kappa shape index (κ2) is 7.06. The van der Waals surface area contributed by atoms with Crippen LogP contribution in [0.2, 0.25) is 0 Å². The lowest BCUT2D eigenvalue weighted by Gasteiger charge is -2.26. The molecule has 8 heteroatoms. The first-order chi connectivity index (χ1) is 10.9. The molecule has 126 valence electrons. The molecule has 0 radical (unpaired) electrons. The average molecular weight is 335 g/mol. The summed E-state index contributed by atoms with van der Waals surface area (Å²) in [5, 5.41) is 3.42. The molecule has 0 heterocycles. The number of carbonyl (C=O) groups excluding carboxylic acids is 1. The molecule has 1 aliphatic carbocycles. The highest BCUT2D eigenvalue weighted by Gasteiger charge is 2.31. The highest BCUT2D eigenvalue weighted by Crippen LogP contribution is 2.29. The van der Waals surface area contributed by atoms with Gasteiger partial charge >= 0.3 is 5.97 Å². The van der Waals surface area contributed by atoms with E-state index in [9.17, 15) is 26.7 Å². The first-order valence-electron chi connectivity index (χ1n) is 7.15. The number of benzene rings is 1. The topological polar surface area (TPSA) is 38.7 Å². The second-order valence-corrected chi connectivity index (χ2v) is 5.40. The van der Waals surface area contributed by atoms with E-state index in [1.54, 1.807) is 0 Å². The normalized spacial score (nSPS) is 17.0. The van der Waals surface area contributed by atoms with Gasteiger partial charge in [-0.15, -0.1) is 0 Å². The Balaban J connectivity index is 2.06. The van der Waals surface area contributed by atoms with Crippen LogP contribution in [0.1, 0.15) is 49.4 Å². The fourth-order valence-corrected chi connectivity index (χ4v) is 2.31. The molecule has 1 aromatic carbocycles. The summed E-state index contributed by atoms with van der Waals surface area (Å²) in [6.07, 6.45) is 4.29. The van der Waals surface area contributed by atoms with Crippen LogP contribution in [0, 0.1) is 35.0 Å². The minimum atomic E-state index is -2.33. The molecule has 0 spiro atoms. The Kier molecular flexibility index (Phi) is 5.33. The number of unbranched alkanes of at least 4 members (excludes halogenated alkanes) is 1. The smallest absolute Gasteiger partial charge is 0.313 e. The maximum atomic E-state index is 13.4. The van der Waals surface area contributed by atoms with E-state index < -0.39 is 40.6 Å². The van der Waals surface area contributed by atoms with Crippen molar-refractivity contribution in [3.63, 3.8) is 0 Å². The summed E-state index contributed by atoms with van der Waals surface area (Å²) in [6, 6.07) is 0. The zero-order chi connectivity index (χ0) is 17.1. The predicted molar refractivity (Wildman–Crippen MR) is 71.3 cm³/mol. The maximum Gasteiger partial charge on any atom is 0.371 e. The van der Waals surface area contributed by atoms with E-state index in [2.05, 4.69) is 16.9 Å². The van der Waals surface area contributed by atoms with E-state index in [0.29, 0.717) is 24.5 Å². The van der Waals surface area contributed by atoms with Crippen molar-refractivity contribution in [2.45, 2.75) is 39.0 Å². The highest BCUT2D eigenvalue weighted by atomic mass is 19.2. The highest BCUT2D eigenvalue weighted by molar-refractivity contribution is 5.93. The number of oxime groups is 1. The Morgan fingerprint density at radius 1 is 1.04 bits per heavy atom. The molecule has 0 N–H and O–H groups in total. The van der Waals surface area contributed by atoms with Gasteiger partial charge in [-0.1, -0.05) is 24.9 Å². The van der Waals surface area contributed by atoms with Gasteiger partial charge in [0.15, 0.2) is 23.3 Å². The molecule has 3 nitrogen and oxygen atoms in total. The summed E-state index contributed by atoms with van der Waals surface area (Å²) in [5.41, 5.74) is -1.13. The Morgan fingerprint density at radius 2 is 1.57 bits per heavy atom.